The van der Waals surface area contributed by atoms with E-state index in [1.165, 1.54) is 0 Å². The second-order valence-corrected chi connectivity index (χ2v) is 8.81. The lowest BCUT2D eigenvalue weighted by Gasteiger charge is -2.43. The van der Waals surface area contributed by atoms with Crippen molar-refractivity contribution in [2.24, 2.45) is 0 Å². The highest BCUT2D eigenvalue weighted by atomic mass is 16.5. The van der Waals surface area contributed by atoms with E-state index in [4.69, 9.17) is 9.72 Å². The van der Waals surface area contributed by atoms with Crippen molar-refractivity contribution in [2.75, 3.05) is 33.3 Å². The molecule has 3 saturated heterocycles. The Balaban J connectivity index is 1.41. The molecular weight excluding hydrogens is 392 g/mol. The number of piperidine rings is 1. The number of ether oxygens (including phenoxy) is 1. The van der Waals surface area contributed by atoms with Gasteiger partial charge in [-0.05, 0) is 37.9 Å². The quantitative estimate of drug-likeness (QED) is 0.562. The molecule has 166 valence electrons. The van der Waals surface area contributed by atoms with Crippen LogP contribution < -0.4 is 21.3 Å². The molecular formula is C23H32N6O2. The van der Waals surface area contributed by atoms with Gasteiger partial charge in [-0.3, -0.25) is 25.3 Å². The summed E-state index contributed by atoms with van der Waals surface area (Å²) in [5.41, 5.74) is 1.70. The van der Waals surface area contributed by atoms with Crippen molar-refractivity contribution >= 4 is 16.8 Å². The number of fused-ring (bicyclic) bond motifs is 1. The molecule has 4 heterocycles. The van der Waals surface area contributed by atoms with Crippen molar-refractivity contribution in [2.45, 2.75) is 49.8 Å². The van der Waals surface area contributed by atoms with Gasteiger partial charge in [0.1, 0.15) is 12.2 Å². The number of hydrogen-bond donors (Lipinski definition) is 4. The Labute approximate surface area is 183 Å². The number of benzene rings is 1. The van der Waals surface area contributed by atoms with Gasteiger partial charge >= 0.3 is 0 Å². The van der Waals surface area contributed by atoms with Crippen molar-refractivity contribution in [3.8, 4) is 0 Å². The van der Waals surface area contributed by atoms with Gasteiger partial charge in [0, 0.05) is 38.2 Å². The normalized spacial score (nSPS) is 32.3. The Hall–Kier alpha value is -2.10. The molecule has 1 aromatic carbocycles. The Morgan fingerprint density at radius 1 is 1.19 bits per heavy atom. The van der Waals surface area contributed by atoms with Gasteiger partial charge in [-0.2, -0.15) is 0 Å². The molecule has 3 fully saturated rings. The van der Waals surface area contributed by atoms with Crippen LogP contribution in [0.1, 0.15) is 30.9 Å². The van der Waals surface area contributed by atoms with Crippen LogP contribution in [0.25, 0.3) is 10.9 Å². The van der Waals surface area contributed by atoms with Crippen molar-refractivity contribution in [3.63, 3.8) is 0 Å². The Bertz CT molecular complexity index is 918. The van der Waals surface area contributed by atoms with Crippen LogP contribution in [0, 0.1) is 0 Å². The van der Waals surface area contributed by atoms with Crippen LogP contribution in [0.3, 0.4) is 0 Å². The van der Waals surface area contributed by atoms with Crippen molar-refractivity contribution in [3.05, 3.63) is 42.1 Å². The zero-order chi connectivity index (χ0) is 21.2. The van der Waals surface area contributed by atoms with Gasteiger partial charge in [-0.1, -0.05) is 24.3 Å². The molecule has 3 aliphatic rings. The number of pyridine rings is 1. The number of carbonyl (C=O) groups is 1. The maximum Gasteiger partial charge on any atom is 0.234 e. The summed E-state index contributed by atoms with van der Waals surface area (Å²) in [5, 5.41) is 15.1. The van der Waals surface area contributed by atoms with Gasteiger partial charge in [0.05, 0.1) is 23.5 Å². The smallest absolute Gasteiger partial charge is 0.234 e. The molecule has 0 aliphatic carbocycles. The van der Waals surface area contributed by atoms with E-state index in [-0.39, 0.29) is 24.5 Å². The predicted octanol–water partition coefficient (Wildman–Crippen LogP) is 0.710. The number of rotatable bonds is 5. The summed E-state index contributed by atoms with van der Waals surface area (Å²) in [4.78, 5) is 20.5. The fraction of sp³-hybridized carbons (Fsp3) is 0.565. The van der Waals surface area contributed by atoms with E-state index in [0.717, 1.165) is 62.0 Å². The highest BCUT2D eigenvalue weighted by Crippen LogP contribution is 2.26. The third kappa shape index (κ3) is 4.44. The highest BCUT2D eigenvalue weighted by molar-refractivity contribution is 5.86. The van der Waals surface area contributed by atoms with Crippen molar-refractivity contribution in [1.29, 1.82) is 0 Å². The first-order valence-corrected chi connectivity index (χ1v) is 11.4. The van der Waals surface area contributed by atoms with E-state index in [0.29, 0.717) is 6.04 Å². The first-order valence-electron chi connectivity index (χ1n) is 11.4. The highest BCUT2D eigenvalue weighted by Gasteiger charge is 2.42. The number of methoxy groups -OCH3 is 1. The number of aromatic nitrogens is 1. The summed E-state index contributed by atoms with van der Waals surface area (Å²) in [6.07, 6.45) is 3.03. The van der Waals surface area contributed by atoms with Crippen LogP contribution in [0.5, 0.6) is 0 Å². The average molecular weight is 425 g/mol. The van der Waals surface area contributed by atoms with Crippen molar-refractivity contribution in [1.82, 2.24) is 31.2 Å². The standard InChI is InChI=1S/C23H32N6O2/c1-31-17-10-12-29(14-17)23-27-21(25-16-6-4-11-24-13-16)20(22(30)28-23)19-9-8-15-5-2-3-7-18(15)26-19/h2-3,5,7-9,16-17,20-21,23-25,27H,4,6,10-14H2,1H3,(H,28,30)/t16-,17?,20?,21?,23?/m1/s1. The van der Waals surface area contributed by atoms with E-state index in [1.807, 2.05) is 30.3 Å². The lowest BCUT2D eigenvalue weighted by molar-refractivity contribution is -0.129. The Morgan fingerprint density at radius 2 is 2.10 bits per heavy atom. The summed E-state index contributed by atoms with van der Waals surface area (Å²) in [6, 6.07) is 12.4. The third-order valence-corrected chi connectivity index (χ3v) is 6.76. The molecule has 4 N–H and O–H groups in total. The summed E-state index contributed by atoms with van der Waals surface area (Å²) in [5.74, 6) is -0.391. The molecule has 8 nitrogen and oxygen atoms in total. The number of para-hydroxylation sites is 1. The minimum Gasteiger partial charge on any atom is -0.380 e. The molecule has 2 aromatic rings. The van der Waals surface area contributed by atoms with Crippen LogP contribution in [0.2, 0.25) is 0 Å². The minimum atomic E-state index is -0.399. The molecule has 3 aliphatic heterocycles. The van der Waals surface area contributed by atoms with Gasteiger partial charge in [0.25, 0.3) is 0 Å². The first-order chi connectivity index (χ1) is 15.2. The van der Waals surface area contributed by atoms with Crippen molar-refractivity contribution < 1.29 is 9.53 Å². The number of hydrogen-bond acceptors (Lipinski definition) is 7. The molecule has 5 rings (SSSR count). The number of amides is 1. The van der Waals surface area contributed by atoms with Crippen LogP contribution >= 0.6 is 0 Å². The van der Waals surface area contributed by atoms with Crippen LogP contribution in [-0.2, 0) is 9.53 Å². The summed E-state index contributed by atoms with van der Waals surface area (Å²) in [6.45, 7) is 3.68. The summed E-state index contributed by atoms with van der Waals surface area (Å²) in [7, 11) is 1.75. The van der Waals surface area contributed by atoms with Crippen LogP contribution in [-0.4, -0.2) is 73.7 Å². The summed E-state index contributed by atoms with van der Waals surface area (Å²) >= 11 is 0. The summed E-state index contributed by atoms with van der Waals surface area (Å²) < 4.78 is 5.52. The van der Waals surface area contributed by atoms with E-state index in [9.17, 15) is 4.79 Å². The van der Waals surface area contributed by atoms with Gasteiger partial charge in [0.15, 0.2) is 0 Å². The molecule has 5 atom stereocenters. The fourth-order valence-electron chi connectivity index (χ4n) is 5.01. The zero-order valence-electron chi connectivity index (χ0n) is 18.0. The van der Waals surface area contributed by atoms with E-state index in [2.05, 4.69) is 32.2 Å². The lowest BCUT2D eigenvalue weighted by Crippen LogP contribution is -2.70. The van der Waals surface area contributed by atoms with Crippen LogP contribution in [0.15, 0.2) is 36.4 Å². The molecule has 1 amide bonds. The third-order valence-electron chi connectivity index (χ3n) is 6.76. The molecule has 8 heteroatoms. The molecule has 0 bridgehead atoms. The number of nitrogens with one attached hydrogen (secondary N) is 4. The fourth-order valence-corrected chi connectivity index (χ4v) is 5.01. The molecule has 4 unspecified atom stereocenters. The minimum absolute atomic E-state index is 0.00802. The topological polar surface area (TPSA) is 90.5 Å². The van der Waals surface area contributed by atoms with Crippen LogP contribution in [0.4, 0.5) is 0 Å². The van der Waals surface area contributed by atoms with Gasteiger partial charge < -0.3 is 15.4 Å². The number of carbonyl (C=O) groups excluding carboxylic acids is 1. The van der Waals surface area contributed by atoms with Gasteiger partial charge in [-0.15, -0.1) is 0 Å². The number of likely N-dealkylation sites (tertiary alicyclic amines) is 1. The predicted molar refractivity (Wildman–Crippen MR) is 119 cm³/mol. The van der Waals surface area contributed by atoms with Gasteiger partial charge in [-0.25, -0.2) is 0 Å². The maximum atomic E-state index is 13.4. The largest absolute Gasteiger partial charge is 0.380 e. The SMILES string of the molecule is COC1CCN(C2NC(=O)C(c3ccc4ccccc4n3)C(N[C@@H]3CCCNC3)N2)C1. The second-order valence-electron chi connectivity index (χ2n) is 8.81. The van der Waals surface area contributed by atoms with E-state index < -0.39 is 5.92 Å². The van der Waals surface area contributed by atoms with Gasteiger partial charge in [0.2, 0.25) is 5.91 Å². The van der Waals surface area contributed by atoms with E-state index in [1.54, 1.807) is 7.11 Å². The molecule has 1 aromatic heterocycles. The number of nitrogens with zero attached hydrogens (tertiary/aromatic N) is 2. The molecule has 0 saturated carbocycles. The van der Waals surface area contributed by atoms with E-state index >= 15 is 0 Å². The molecule has 0 radical (unpaired) electrons. The Kier molecular flexibility index (Phi) is 6.15. The zero-order valence-corrected chi connectivity index (χ0v) is 18.0. The lowest BCUT2D eigenvalue weighted by atomic mass is 9.95. The molecule has 0 spiro atoms. The molecule has 31 heavy (non-hydrogen) atoms. The first kappa shape index (κ1) is 20.8. The Morgan fingerprint density at radius 3 is 2.90 bits per heavy atom. The maximum absolute atomic E-state index is 13.4. The average Bonchev–Trinajstić information content (AvgIpc) is 3.29. The monoisotopic (exact) mass is 424 g/mol. The second kappa shape index (κ2) is 9.18.